The lowest BCUT2D eigenvalue weighted by atomic mass is 10.2. The number of halogens is 1. The monoisotopic (exact) mass is 405 g/mol. The van der Waals surface area contributed by atoms with Gasteiger partial charge in [-0.25, -0.2) is 9.37 Å². The van der Waals surface area contributed by atoms with E-state index < -0.39 is 0 Å². The lowest BCUT2D eigenvalue weighted by Crippen LogP contribution is -2.38. The molecule has 29 heavy (non-hydrogen) atoms. The molecule has 4 aromatic rings. The van der Waals surface area contributed by atoms with E-state index in [0.717, 1.165) is 22.1 Å². The van der Waals surface area contributed by atoms with Crippen LogP contribution in [0, 0.1) is 5.82 Å². The van der Waals surface area contributed by atoms with Crippen LogP contribution in [0.2, 0.25) is 0 Å². The van der Waals surface area contributed by atoms with E-state index in [0.29, 0.717) is 31.0 Å². The summed E-state index contributed by atoms with van der Waals surface area (Å²) in [5.41, 5.74) is 2.32. The smallest absolute Gasteiger partial charge is 0.254 e. The summed E-state index contributed by atoms with van der Waals surface area (Å²) in [5, 5.41) is 11.5. The number of rotatable bonds is 3. The number of hydrogen-bond acceptors (Lipinski definition) is 5. The van der Waals surface area contributed by atoms with Crippen molar-refractivity contribution in [2.45, 2.75) is 13.1 Å². The third-order valence-electron chi connectivity index (χ3n) is 4.89. The van der Waals surface area contributed by atoms with E-state index in [1.54, 1.807) is 16.2 Å². The maximum atomic E-state index is 13.1. The highest BCUT2D eigenvalue weighted by Crippen LogP contribution is 2.29. The van der Waals surface area contributed by atoms with Gasteiger partial charge in [-0.3, -0.25) is 4.79 Å². The quantitative estimate of drug-likeness (QED) is 0.519. The Labute approximate surface area is 170 Å². The zero-order chi connectivity index (χ0) is 19.8. The topological polar surface area (TPSA) is 63.9 Å². The number of aromatic nitrogens is 4. The van der Waals surface area contributed by atoms with Crippen LogP contribution in [0.5, 0.6) is 0 Å². The molecule has 0 fully saturated rings. The third-order valence-corrected chi connectivity index (χ3v) is 5.78. The fraction of sp³-hybridized carbons (Fsp3) is 0.143. The third kappa shape index (κ3) is 3.31. The number of fused-ring (bicyclic) bond motifs is 1. The van der Waals surface area contributed by atoms with Gasteiger partial charge < -0.3 is 9.47 Å². The highest BCUT2D eigenvalue weighted by atomic mass is 32.1. The molecule has 144 valence electrons. The number of carbonyl (C=O) groups is 1. The molecule has 6 nitrogen and oxygen atoms in total. The Balaban J connectivity index is 1.38. The van der Waals surface area contributed by atoms with E-state index in [2.05, 4.69) is 10.2 Å². The average molecular weight is 405 g/mol. The van der Waals surface area contributed by atoms with Crippen LogP contribution in [0.3, 0.4) is 0 Å². The van der Waals surface area contributed by atoms with Gasteiger partial charge in [0, 0.05) is 29.6 Å². The molecule has 5 rings (SSSR count). The number of thiazole rings is 1. The van der Waals surface area contributed by atoms with Crippen LogP contribution in [0.15, 0.2) is 60.0 Å². The van der Waals surface area contributed by atoms with Crippen molar-refractivity contribution in [2.24, 2.45) is 0 Å². The van der Waals surface area contributed by atoms with E-state index in [1.165, 1.54) is 24.3 Å². The van der Waals surface area contributed by atoms with Gasteiger partial charge in [-0.1, -0.05) is 30.3 Å². The van der Waals surface area contributed by atoms with E-state index in [4.69, 9.17) is 4.98 Å². The summed E-state index contributed by atoms with van der Waals surface area (Å²) in [4.78, 5) is 19.1. The van der Waals surface area contributed by atoms with Crippen molar-refractivity contribution in [3.8, 4) is 22.1 Å². The average Bonchev–Trinajstić information content (AvgIpc) is 3.41. The second kappa shape index (κ2) is 7.21. The largest absolute Gasteiger partial charge is 0.329 e. The standard InChI is InChI=1S/C21H16FN5OS/c22-16-8-6-15(7-9-16)21(28)26-10-11-27-18(12-26)24-25-19(27)17-13-29-20(23-17)14-4-2-1-3-5-14/h1-9,13H,10-12H2. The molecule has 0 bridgehead atoms. The van der Waals surface area contributed by atoms with Gasteiger partial charge in [-0.15, -0.1) is 21.5 Å². The molecule has 1 aliphatic rings. The molecular weight excluding hydrogens is 389 g/mol. The van der Waals surface area contributed by atoms with Crippen LogP contribution in [0.4, 0.5) is 4.39 Å². The predicted molar refractivity (Wildman–Crippen MR) is 108 cm³/mol. The van der Waals surface area contributed by atoms with E-state index in [-0.39, 0.29) is 11.7 Å². The summed E-state index contributed by atoms with van der Waals surface area (Å²) in [6, 6.07) is 15.6. The molecule has 2 aromatic heterocycles. The highest BCUT2D eigenvalue weighted by Gasteiger charge is 2.26. The predicted octanol–water partition coefficient (Wildman–Crippen LogP) is 3.86. The van der Waals surface area contributed by atoms with Crippen LogP contribution in [0.1, 0.15) is 16.2 Å². The number of carbonyl (C=O) groups excluding carboxylic acids is 1. The Morgan fingerprint density at radius 2 is 1.79 bits per heavy atom. The first-order chi connectivity index (χ1) is 14.2. The van der Waals surface area contributed by atoms with Crippen molar-refractivity contribution in [1.82, 2.24) is 24.6 Å². The zero-order valence-corrected chi connectivity index (χ0v) is 16.1. The van der Waals surface area contributed by atoms with Gasteiger partial charge in [0.15, 0.2) is 11.6 Å². The van der Waals surface area contributed by atoms with Crippen molar-refractivity contribution in [1.29, 1.82) is 0 Å². The Morgan fingerprint density at radius 1 is 1.00 bits per heavy atom. The number of nitrogens with zero attached hydrogens (tertiary/aromatic N) is 5. The van der Waals surface area contributed by atoms with Crippen molar-refractivity contribution < 1.29 is 9.18 Å². The highest BCUT2D eigenvalue weighted by molar-refractivity contribution is 7.13. The van der Waals surface area contributed by atoms with Crippen LogP contribution in [0.25, 0.3) is 22.1 Å². The van der Waals surface area contributed by atoms with Crippen molar-refractivity contribution >= 4 is 17.2 Å². The van der Waals surface area contributed by atoms with Gasteiger partial charge in [0.1, 0.15) is 16.5 Å². The maximum Gasteiger partial charge on any atom is 0.254 e. The molecule has 8 heteroatoms. The molecule has 0 radical (unpaired) electrons. The van der Waals surface area contributed by atoms with Gasteiger partial charge >= 0.3 is 0 Å². The van der Waals surface area contributed by atoms with Crippen LogP contribution >= 0.6 is 11.3 Å². The minimum absolute atomic E-state index is 0.138. The first-order valence-corrected chi connectivity index (χ1v) is 10.1. The zero-order valence-electron chi connectivity index (χ0n) is 15.3. The Bertz CT molecular complexity index is 1170. The van der Waals surface area contributed by atoms with E-state index >= 15 is 0 Å². The summed E-state index contributed by atoms with van der Waals surface area (Å²) < 4.78 is 15.1. The summed E-state index contributed by atoms with van der Waals surface area (Å²) in [7, 11) is 0. The summed E-state index contributed by atoms with van der Waals surface area (Å²) in [5.74, 6) is 0.937. The van der Waals surface area contributed by atoms with Crippen molar-refractivity contribution in [3.63, 3.8) is 0 Å². The Morgan fingerprint density at radius 3 is 2.59 bits per heavy atom. The van der Waals surface area contributed by atoms with Gasteiger partial charge in [0.25, 0.3) is 5.91 Å². The van der Waals surface area contributed by atoms with Crippen LogP contribution < -0.4 is 0 Å². The van der Waals surface area contributed by atoms with E-state index in [1.807, 2.05) is 40.3 Å². The Kier molecular flexibility index (Phi) is 4.40. The van der Waals surface area contributed by atoms with Gasteiger partial charge in [0.05, 0.1) is 6.54 Å². The fourth-order valence-electron chi connectivity index (χ4n) is 3.39. The summed E-state index contributed by atoms with van der Waals surface area (Å²) in [6.45, 7) is 1.48. The van der Waals surface area contributed by atoms with Crippen LogP contribution in [-0.2, 0) is 13.1 Å². The van der Waals surface area contributed by atoms with Crippen LogP contribution in [-0.4, -0.2) is 37.1 Å². The minimum Gasteiger partial charge on any atom is -0.329 e. The fourth-order valence-corrected chi connectivity index (χ4v) is 4.19. The normalized spacial score (nSPS) is 13.3. The molecule has 2 aromatic carbocycles. The maximum absolute atomic E-state index is 13.1. The number of amides is 1. The molecule has 3 heterocycles. The molecule has 0 saturated heterocycles. The molecule has 0 saturated carbocycles. The molecule has 0 unspecified atom stereocenters. The van der Waals surface area contributed by atoms with Gasteiger partial charge in [-0.2, -0.15) is 0 Å². The van der Waals surface area contributed by atoms with Gasteiger partial charge in [0.2, 0.25) is 0 Å². The molecule has 0 N–H and O–H groups in total. The lowest BCUT2D eigenvalue weighted by Gasteiger charge is -2.27. The second-order valence-corrected chi connectivity index (χ2v) is 7.59. The molecule has 1 aliphatic heterocycles. The number of benzene rings is 2. The summed E-state index contributed by atoms with van der Waals surface area (Å²) >= 11 is 1.57. The molecular formula is C21H16FN5OS. The molecule has 0 spiro atoms. The van der Waals surface area contributed by atoms with E-state index in [9.17, 15) is 9.18 Å². The molecule has 0 aliphatic carbocycles. The lowest BCUT2D eigenvalue weighted by molar-refractivity contribution is 0.0708. The first kappa shape index (κ1) is 17.7. The molecule has 0 atom stereocenters. The minimum atomic E-state index is -0.359. The Hall–Kier alpha value is -3.39. The van der Waals surface area contributed by atoms with Gasteiger partial charge in [-0.05, 0) is 24.3 Å². The second-order valence-electron chi connectivity index (χ2n) is 6.73. The summed E-state index contributed by atoms with van der Waals surface area (Å²) in [6.07, 6.45) is 0. The SMILES string of the molecule is O=C(c1ccc(F)cc1)N1CCn2c(nnc2-c2csc(-c3ccccc3)n2)C1. The first-order valence-electron chi connectivity index (χ1n) is 9.17. The number of hydrogen-bond donors (Lipinski definition) is 0. The van der Waals surface area contributed by atoms with Crippen molar-refractivity contribution in [3.05, 3.63) is 77.2 Å². The van der Waals surface area contributed by atoms with Crippen molar-refractivity contribution in [2.75, 3.05) is 6.54 Å². The molecule has 1 amide bonds.